The number of amides is 2. The summed E-state index contributed by atoms with van der Waals surface area (Å²) in [6.07, 6.45) is 1.78. The lowest BCUT2D eigenvalue weighted by molar-refractivity contribution is -0.118. The standard InChI is InChI=1S/C24H31N3O3S/c1-18(2)14-17-30-21-11-7-6-10-20(21)23(29)26-24(31)27(16-13-22(25)28)15-12-19-8-4-3-5-9-19/h3-11,18H,12-17H2,1-2H3,(H2,25,28)(H,26,29,31). The van der Waals surface area contributed by atoms with E-state index in [9.17, 15) is 9.59 Å². The van der Waals surface area contributed by atoms with Gasteiger partial charge in [-0.1, -0.05) is 56.3 Å². The van der Waals surface area contributed by atoms with E-state index in [1.165, 1.54) is 0 Å². The minimum Gasteiger partial charge on any atom is -0.493 e. The second kappa shape index (κ2) is 12.7. The van der Waals surface area contributed by atoms with E-state index < -0.39 is 5.91 Å². The Bertz CT molecular complexity index is 871. The highest BCUT2D eigenvalue weighted by atomic mass is 32.1. The molecule has 0 spiro atoms. The van der Waals surface area contributed by atoms with Gasteiger partial charge in [-0.2, -0.15) is 0 Å². The molecule has 166 valence electrons. The molecule has 0 saturated carbocycles. The van der Waals surface area contributed by atoms with Crippen LogP contribution in [-0.2, 0) is 11.2 Å². The fourth-order valence-corrected chi connectivity index (χ4v) is 3.17. The van der Waals surface area contributed by atoms with Crippen molar-refractivity contribution < 1.29 is 14.3 Å². The van der Waals surface area contributed by atoms with Crippen LogP contribution >= 0.6 is 12.2 Å². The predicted octanol–water partition coefficient (Wildman–Crippen LogP) is 3.55. The van der Waals surface area contributed by atoms with Gasteiger partial charge in [0.25, 0.3) is 5.91 Å². The first-order valence-electron chi connectivity index (χ1n) is 10.5. The molecule has 0 atom stereocenters. The maximum absolute atomic E-state index is 12.9. The molecule has 0 unspecified atom stereocenters. The van der Waals surface area contributed by atoms with Crippen LogP contribution in [0.25, 0.3) is 0 Å². The summed E-state index contributed by atoms with van der Waals surface area (Å²) >= 11 is 5.49. The smallest absolute Gasteiger partial charge is 0.261 e. The lowest BCUT2D eigenvalue weighted by Gasteiger charge is -2.25. The molecule has 0 aromatic heterocycles. The number of nitrogens with two attached hydrogens (primary N) is 1. The number of nitrogens with one attached hydrogen (secondary N) is 1. The van der Waals surface area contributed by atoms with Crippen LogP contribution in [0.15, 0.2) is 54.6 Å². The van der Waals surface area contributed by atoms with E-state index in [1.54, 1.807) is 23.1 Å². The molecule has 0 aliphatic carbocycles. The van der Waals surface area contributed by atoms with Crippen LogP contribution < -0.4 is 15.8 Å². The van der Waals surface area contributed by atoms with Crippen molar-refractivity contribution in [3.05, 3.63) is 65.7 Å². The molecule has 0 heterocycles. The minimum absolute atomic E-state index is 0.152. The number of primary amides is 1. The Kier molecular flexibility index (Phi) is 9.97. The lowest BCUT2D eigenvalue weighted by atomic mass is 10.1. The zero-order chi connectivity index (χ0) is 22.6. The van der Waals surface area contributed by atoms with Crippen molar-refractivity contribution in [1.29, 1.82) is 0 Å². The van der Waals surface area contributed by atoms with Gasteiger partial charge in [0.05, 0.1) is 12.2 Å². The molecule has 0 radical (unpaired) electrons. The molecular formula is C24H31N3O3S. The number of ether oxygens (including phenoxy) is 1. The van der Waals surface area contributed by atoms with Crippen molar-refractivity contribution >= 4 is 29.1 Å². The molecule has 31 heavy (non-hydrogen) atoms. The second-order valence-corrected chi connectivity index (χ2v) is 8.11. The molecular weight excluding hydrogens is 410 g/mol. The van der Waals surface area contributed by atoms with Crippen molar-refractivity contribution in [3.8, 4) is 5.75 Å². The van der Waals surface area contributed by atoms with Gasteiger partial charge in [0.1, 0.15) is 5.75 Å². The maximum atomic E-state index is 12.9. The topological polar surface area (TPSA) is 84.7 Å². The highest BCUT2D eigenvalue weighted by molar-refractivity contribution is 7.80. The minimum atomic E-state index is -0.414. The Balaban J connectivity index is 2.04. The SMILES string of the molecule is CC(C)CCOc1ccccc1C(=O)NC(=S)N(CCC(N)=O)CCc1ccccc1. The van der Waals surface area contributed by atoms with E-state index in [2.05, 4.69) is 19.2 Å². The number of hydrogen-bond donors (Lipinski definition) is 2. The summed E-state index contributed by atoms with van der Waals surface area (Å²) in [6.45, 7) is 5.68. The molecule has 0 aliphatic rings. The van der Waals surface area contributed by atoms with Crippen LogP contribution in [0, 0.1) is 5.92 Å². The van der Waals surface area contributed by atoms with Crippen LogP contribution in [-0.4, -0.2) is 41.5 Å². The van der Waals surface area contributed by atoms with Gasteiger partial charge in [-0.3, -0.25) is 14.9 Å². The van der Waals surface area contributed by atoms with E-state index in [0.29, 0.717) is 36.9 Å². The van der Waals surface area contributed by atoms with Gasteiger partial charge in [-0.25, -0.2) is 0 Å². The molecule has 0 bridgehead atoms. The first-order chi connectivity index (χ1) is 14.9. The number of carbonyl (C=O) groups excluding carboxylic acids is 2. The van der Waals surface area contributed by atoms with Crippen LogP contribution in [0.3, 0.4) is 0 Å². The average Bonchev–Trinajstić information content (AvgIpc) is 2.74. The normalized spacial score (nSPS) is 10.5. The highest BCUT2D eigenvalue weighted by Crippen LogP contribution is 2.19. The van der Waals surface area contributed by atoms with Gasteiger partial charge in [-0.15, -0.1) is 0 Å². The predicted molar refractivity (Wildman–Crippen MR) is 127 cm³/mol. The summed E-state index contributed by atoms with van der Waals surface area (Å²) in [5.41, 5.74) is 6.88. The molecule has 2 aromatic carbocycles. The number of rotatable bonds is 11. The van der Waals surface area contributed by atoms with Gasteiger partial charge < -0.3 is 15.4 Å². The van der Waals surface area contributed by atoms with Gasteiger partial charge in [0.15, 0.2) is 5.11 Å². The van der Waals surface area contributed by atoms with Crippen molar-refractivity contribution in [3.63, 3.8) is 0 Å². The largest absolute Gasteiger partial charge is 0.493 e. The zero-order valence-electron chi connectivity index (χ0n) is 18.2. The molecule has 0 fully saturated rings. The summed E-state index contributed by atoms with van der Waals surface area (Å²) in [5, 5.41) is 3.05. The average molecular weight is 442 g/mol. The first-order valence-corrected chi connectivity index (χ1v) is 10.9. The number of thiocarbonyl (C=S) groups is 1. The Morgan fingerprint density at radius 1 is 1.06 bits per heavy atom. The van der Waals surface area contributed by atoms with Gasteiger partial charge >= 0.3 is 0 Å². The van der Waals surface area contributed by atoms with E-state index in [0.717, 1.165) is 18.4 Å². The molecule has 7 heteroatoms. The van der Waals surface area contributed by atoms with Crippen LogP contribution in [0.1, 0.15) is 42.6 Å². The quantitative estimate of drug-likeness (QED) is 0.521. The van der Waals surface area contributed by atoms with Crippen molar-refractivity contribution in [2.75, 3.05) is 19.7 Å². The van der Waals surface area contributed by atoms with Crippen molar-refractivity contribution in [2.24, 2.45) is 11.7 Å². The number of hydrogen-bond acceptors (Lipinski definition) is 4. The van der Waals surface area contributed by atoms with E-state index >= 15 is 0 Å². The van der Waals surface area contributed by atoms with E-state index in [4.69, 9.17) is 22.7 Å². The first kappa shape index (κ1) is 24.3. The lowest BCUT2D eigenvalue weighted by Crippen LogP contribution is -2.44. The third-order valence-corrected chi connectivity index (χ3v) is 5.09. The van der Waals surface area contributed by atoms with Gasteiger partial charge in [-0.05, 0) is 48.7 Å². The van der Waals surface area contributed by atoms with Crippen molar-refractivity contribution in [1.82, 2.24) is 10.2 Å². The Morgan fingerprint density at radius 2 is 1.74 bits per heavy atom. The maximum Gasteiger partial charge on any atom is 0.261 e. The van der Waals surface area contributed by atoms with Crippen LogP contribution in [0.5, 0.6) is 5.75 Å². The Hall–Kier alpha value is -2.93. The molecule has 0 aliphatic heterocycles. The van der Waals surface area contributed by atoms with Crippen LogP contribution in [0.4, 0.5) is 0 Å². The van der Waals surface area contributed by atoms with Gasteiger partial charge in [0.2, 0.25) is 5.91 Å². The summed E-state index contributed by atoms with van der Waals surface area (Å²) in [4.78, 5) is 26.0. The van der Waals surface area contributed by atoms with Crippen molar-refractivity contribution in [2.45, 2.75) is 33.1 Å². The van der Waals surface area contributed by atoms with Gasteiger partial charge in [0, 0.05) is 19.5 Å². The number of benzene rings is 2. The molecule has 2 amide bonds. The van der Waals surface area contributed by atoms with E-state index in [1.807, 2.05) is 36.4 Å². The summed E-state index contributed by atoms with van der Waals surface area (Å²) < 4.78 is 5.82. The second-order valence-electron chi connectivity index (χ2n) is 7.73. The fraction of sp³-hybridized carbons (Fsp3) is 0.375. The highest BCUT2D eigenvalue weighted by Gasteiger charge is 2.17. The van der Waals surface area contributed by atoms with E-state index in [-0.39, 0.29) is 17.4 Å². The third-order valence-electron chi connectivity index (χ3n) is 4.73. The number of carbonyl (C=O) groups is 2. The molecule has 0 saturated heterocycles. The molecule has 2 rings (SSSR count). The Labute approximate surface area is 189 Å². The molecule has 2 aromatic rings. The summed E-state index contributed by atoms with van der Waals surface area (Å²) in [6, 6.07) is 17.1. The van der Waals surface area contributed by atoms with Crippen LogP contribution in [0.2, 0.25) is 0 Å². The molecule has 6 nitrogen and oxygen atoms in total. The zero-order valence-corrected chi connectivity index (χ0v) is 19.0. The molecule has 3 N–H and O–H groups in total. The monoisotopic (exact) mass is 441 g/mol. The number of nitrogens with zero attached hydrogens (tertiary/aromatic N) is 1. The fourth-order valence-electron chi connectivity index (χ4n) is 2.90. The summed E-state index contributed by atoms with van der Waals surface area (Å²) in [5.74, 6) is 0.282. The third kappa shape index (κ3) is 8.76. The summed E-state index contributed by atoms with van der Waals surface area (Å²) in [7, 11) is 0. The Morgan fingerprint density at radius 3 is 2.42 bits per heavy atom. The number of para-hydroxylation sites is 1.